The van der Waals surface area contributed by atoms with Crippen LogP contribution < -0.4 is 5.32 Å². The second kappa shape index (κ2) is 7.02. The molecule has 2 rings (SSSR count). The molecule has 18 heavy (non-hydrogen) atoms. The van der Waals surface area contributed by atoms with Gasteiger partial charge in [0.15, 0.2) is 11.6 Å². The van der Waals surface area contributed by atoms with E-state index in [9.17, 15) is 8.78 Å². The molecule has 5 heteroatoms. The molecule has 0 radical (unpaired) electrons. The largest absolute Gasteiger partial charge is 0.315 e. The molecule has 0 amide bonds. The van der Waals surface area contributed by atoms with Crippen LogP contribution in [0.5, 0.6) is 0 Å². The summed E-state index contributed by atoms with van der Waals surface area (Å²) in [6, 6.07) is 4.31. The first kappa shape index (κ1) is 15.3. The standard InChI is InChI=1S/C13H18F2N2.ClH/c1-10(17-7-2-5-16-6-8-17)11-3-4-12(14)13(15)9-11;/h3-4,9-10,16H,2,5-8H2,1H3;1H. The van der Waals surface area contributed by atoms with Crippen molar-refractivity contribution in [1.29, 1.82) is 0 Å². The van der Waals surface area contributed by atoms with Crippen LogP contribution in [0.3, 0.4) is 0 Å². The van der Waals surface area contributed by atoms with Crippen molar-refractivity contribution < 1.29 is 8.78 Å². The first-order valence-electron chi connectivity index (χ1n) is 6.08. The lowest BCUT2D eigenvalue weighted by Crippen LogP contribution is -2.30. The maximum absolute atomic E-state index is 13.2. The highest BCUT2D eigenvalue weighted by molar-refractivity contribution is 5.85. The van der Waals surface area contributed by atoms with E-state index in [1.54, 1.807) is 6.07 Å². The zero-order valence-corrected chi connectivity index (χ0v) is 11.3. The molecule has 1 aromatic rings. The van der Waals surface area contributed by atoms with Crippen molar-refractivity contribution in [2.45, 2.75) is 19.4 Å². The van der Waals surface area contributed by atoms with Gasteiger partial charge in [-0.15, -0.1) is 12.4 Å². The van der Waals surface area contributed by atoms with Crippen LogP contribution in [0, 0.1) is 11.6 Å². The fraction of sp³-hybridized carbons (Fsp3) is 0.538. The molecule has 1 N–H and O–H groups in total. The summed E-state index contributed by atoms with van der Waals surface area (Å²) in [6.07, 6.45) is 1.09. The van der Waals surface area contributed by atoms with Crippen molar-refractivity contribution in [3.63, 3.8) is 0 Å². The summed E-state index contributed by atoms with van der Waals surface area (Å²) in [4.78, 5) is 2.30. The second-order valence-electron chi connectivity index (χ2n) is 4.49. The zero-order chi connectivity index (χ0) is 12.3. The van der Waals surface area contributed by atoms with Crippen LogP contribution in [0.15, 0.2) is 18.2 Å². The smallest absolute Gasteiger partial charge is 0.159 e. The third kappa shape index (κ3) is 3.64. The monoisotopic (exact) mass is 276 g/mol. The number of hydrogen-bond donors (Lipinski definition) is 1. The maximum Gasteiger partial charge on any atom is 0.159 e. The summed E-state index contributed by atoms with van der Waals surface area (Å²) < 4.78 is 26.1. The molecule has 0 spiro atoms. The van der Waals surface area contributed by atoms with Crippen LogP contribution in [-0.4, -0.2) is 31.1 Å². The Morgan fingerprint density at radius 2 is 1.94 bits per heavy atom. The molecule has 1 aromatic carbocycles. The van der Waals surface area contributed by atoms with E-state index in [-0.39, 0.29) is 18.4 Å². The summed E-state index contributed by atoms with van der Waals surface area (Å²) in [7, 11) is 0. The van der Waals surface area contributed by atoms with E-state index in [0.29, 0.717) is 0 Å². The van der Waals surface area contributed by atoms with Crippen LogP contribution in [0.2, 0.25) is 0 Å². The molecule has 0 aromatic heterocycles. The van der Waals surface area contributed by atoms with Crippen molar-refractivity contribution in [2.75, 3.05) is 26.2 Å². The molecular weight excluding hydrogens is 258 g/mol. The van der Waals surface area contributed by atoms with E-state index >= 15 is 0 Å². The van der Waals surface area contributed by atoms with E-state index in [2.05, 4.69) is 10.2 Å². The summed E-state index contributed by atoms with van der Waals surface area (Å²) in [5.74, 6) is -1.54. The number of hydrogen-bond acceptors (Lipinski definition) is 2. The molecule has 1 unspecified atom stereocenters. The highest BCUT2D eigenvalue weighted by atomic mass is 35.5. The Morgan fingerprint density at radius 1 is 1.17 bits per heavy atom. The van der Waals surface area contributed by atoms with E-state index < -0.39 is 11.6 Å². The van der Waals surface area contributed by atoms with Crippen LogP contribution in [0.4, 0.5) is 8.78 Å². The van der Waals surface area contributed by atoms with Crippen LogP contribution in [0.25, 0.3) is 0 Å². The Balaban J connectivity index is 0.00000162. The first-order chi connectivity index (χ1) is 8.18. The van der Waals surface area contributed by atoms with Gasteiger partial charge in [-0.05, 0) is 44.1 Å². The molecule has 0 aliphatic carbocycles. The van der Waals surface area contributed by atoms with Crippen molar-refractivity contribution in [3.8, 4) is 0 Å². The van der Waals surface area contributed by atoms with Crippen LogP contribution in [-0.2, 0) is 0 Å². The molecule has 0 bridgehead atoms. The summed E-state index contributed by atoms with van der Waals surface area (Å²) in [5, 5.41) is 3.33. The third-order valence-corrected chi connectivity index (χ3v) is 3.35. The Kier molecular flexibility index (Phi) is 5.99. The van der Waals surface area contributed by atoms with Gasteiger partial charge in [0.2, 0.25) is 0 Å². The quantitative estimate of drug-likeness (QED) is 0.894. The Hall–Kier alpha value is -0.710. The van der Waals surface area contributed by atoms with Crippen molar-refractivity contribution in [1.82, 2.24) is 10.2 Å². The van der Waals surface area contributed by atoms with Gasteiger partial charge in [0, 0.05) is 19.1 Å². The zero-order valence-electron chi connectivity index (χ0n) is 10.5. The molecule has 0 saturated carbocycles. The summed E-state index contributed by atoms with van der Waals surface area (Å²) >= 11 is 0. The maximum atomic E-state index is 13.2. The Morgan fingerprint density at radius 3 is 2.67 bits per heavy atom. The van der Waals surface area contributed by atoms with E-state index in [4.69, 9.17) is 0 Å². The van der Waals surface area contributed by atoms with Crippen molar-refractivity contribution in [2.24, 2.45) is 0 Å². The predicted octanol–water partition coefficient (Wildman–Crippen LogP) is 2.74. The Labute approximate surface area is 113 Å². The van der Waals surface area contributed by atoms with Gasteiger partial charge >= 0.3 is 0 Å². The van der Waals surface area contributed by atoms with Crippen LogP contribution in [0.1, 0.15) is 24.9 Å². The lowest BCUT2D eigenvalue weighted by atomic mass is 10.1. The van der Waals surface area contributed by atoms with Gasteiger partial charge in [0.25, 0.3) is 0 Å². The van der Waals surface area contributed by atoms with Gasteiger partial charge < -0.3 is 5.32 Å². The molecule has 1 saturated heterocycles. The average Bonchev–Trinajstić information content (AvgIpc) is 2.60. The minimum atomic E-state index is -0.779. The Bertz CT molecular complexity index is 379. The van der Waals surface area contributed by atoms with Gasteiger partial charge in [0.05, 0.1) is 0 Å². The number of nitrogens with zero attached hydrogens (tertiary/aromatic N) is 1. The van der Waals surface area contributed by atoms with E-state index in [1.165, 1.54) is 12.1 Å². The summed E-state index contributed by atoms with van der Waals surface area (Å²) in [6.45, 7) is 5.96. The summed E-state index contributed by atoms with van der Waals surface area (Å²) in [5.41, 5.74) is 0.839. The molecule has 1 aliphatic rings. The minimum absolute atomic E-state index is 0. The average molecular weight is 277 g/mol. The highest BCUT2D eigenvalue weighted by Gasteiger charge is 2.18. The van der Waals surface area contributed by atoms with Gasteiger partial charge in [-0.25, -0.2) is 8.78 Å². The highest BCUT2D eigenvalue weighted by Crippen LogP contribution is 2.22. The van der Waals surface area contributed by atoms with Gasteiger partial charge in [-0.1, -0.05) is 6.07 Å². The lowest BCUT2D eigenvalue weighted by Gasteiger charge is -2.27. The number of nitrogens with one attached hydrogen (secondary N) is 1. The van der Waals surface area contributed by atoms with Crippen molar-refractivity contribution in [3.05, 3.63) is 35.4 Å². The number of rotatable bonds is 2. The van der Waals surface area contributed by atoms with Gasteiger partial charge in [-0.3, -0.25) is 4.90 Å². The molecule has 1 heterocycles. The van der Waals surface area contributed by atoms with Crippen LogP contribution >= 0.6 is 12.4 Å². The van der Waals surface area contributed by atoms with E-state index in [0.717, 1.165) is 38.2 Å². The second-order valence-corrected chi connectivity index (χ2v) is 4.49. The normalized spacial score (nSPS) is 18.8. The third-order valence-electron chi connectivity index (χ3n) is 3.35. The molecule has 2 nitrogen and oxygen atoms in total. The van der Waals surface area contributed by atoms with Gasteiger partial charge in [-0.2, -0.15) is 0 Å². The van der Waals surface area contributed by atoms with Gasteiger partial charge in [0.1, 0.15) is 0 Å². The topological polar surface area (TPSA) is 15.3 Å². The molecule has 1 fully saturated rings. The fourth-order valence-corrected chi connectivity index (χ4v) is 2.24. The molecule has 102 valence electrons. The first-order valence-corrected chi connectivity index (χ1v) is 6.08. The lowest BCUT2D eigenvalue weighted by molar-refractivity contribution is 0.225. The van der Waals surface area contributed by atoms with Crippen molar-refractivity contribution >= 4 is 12.4 Å². The minimum Gasteiger partial charge on any atom is -0.315 e. The fourth-order valence-electron chi connectivity index (χ4n) is 2.24. The SMILES string of the molecule is CC(c1ccc(F)c(F)c1)N1CCCNCC1.Cl. The number of benzene rings is 1. The molecule has 1 aliphatic heterocycles. The van der Waals surface area contributed by atoms with E-state index in [1.807, 2.05) is 6.92 Å². The molecular formula is C13H19ClF2N2. The number of halogens is 3. The predicted molar refractivity (Wildman–Crippen MR) is 71.1 cm³/mol. The molecule has 1 atom stereocenters.